The van der Waals surface area contributed by atoms with Crippen molar-refractivity contribution in [3.8, 4) is 11.1 Å². The largest absolute Gasteiger partial charge is 0.366 e. The monoisotopic (exact) mass is 422 g/mol. The molecule has 2 N–H and O–H groups in total. The van der Waals surface area contributed by atoms with Crippen molar-refractivity contribution in [3.63, 3.8) is 0 Å². The van der Waals surface area contributed by atoms with Gasteiger partial charge in [-0.2, -0.15) is 0 Å². The second-order valence-corrected chi connectivity index (χ2v) is 8.62. The fraction of sp³-hybridized carbons (Fsp3) is 0.478. The lowest BCUT2D eigenvalue weighted by atomic mass is 9.95. The molecular weight excluding hydrogens is 392 g/mol. The lowest BCUT2D eigenvalue weighted by Gasteiger charge is -2.21. The summed E-state index contributed by atoms with van der Waals surface area (Å²) in [5.41, 5.74) is 8.69. The lowest BCUT2D eigenvalue weighted by molar-refractivity contribution is -0.131. The smallest absolute Gasteiger partial charge is 0.248 e. The van der Waals surface area contributed by atoms with Gasteiger partial charge in [-0.05, 0) is 43.5 Å². The fourth-order valence-corrected chi connectivity index (χ4v) is 4.43. The Kier molecular flexibility index (Phi) is 6.18. The molecule has 8 heteroatoms. The van der Waals surface area contributed by atoms with E-state index in [1.807, 2.05) is 42.2 Å². The number of carbonyl (C=O) groups is 2. The zero-order valence-electron chi connectivity index (χ0n) is 18.3. The van der Waals surface area contributed by atoms with Gasteiger partial charge >= 0.3 is 0 Å². The van der Waals surface area contributed by atoms with Crippen LogP contribution in [-0.4, -0.2) is 78.4 Å². The van der Waals surface area contributed by atoms with Gasteiger partial charge in [0.1, 0.15) is 0 Å². The van der Waals surface area contributed by atoms with E-state index in [0.29, 0.717) is 18.1 Å². The summed E-state index contributed by atoms with van der Waals surface area (Å²) in [4.78, 5) is 39.7. The summed E-state index contributed by atoms with van der Waals surface area (Å²) in [6.45, 7) is 3.88. The van der Waals surface area contributed by atoms with Crippen molar-refractivity contribution in [1.82, 2.24) is 19.8 Å². The Balaban J connectivity index is 1.59. The number of benzene rings is 1. The molecule has 0 bridgehead atoms. The summed E-state index contributed by atoms with van der Waals surface area (Å²) in [6, 6.07) is 7.29. The molecule has 2 aliphatic heterocycles. The maximum atomic E-state index is 12.6. The van der Waals surface area contributed by atoms with Gasteiger partial charge in [0, 0.05) is 57.0 Å². The molecular formula is C23H30N6O2. The van der Waals surface area contributed by atoms with Crippen LogP contribution in [0.1, 0.15) is 41.2 Å². The molecule has 2 aromatic rings. The number of likely N-dealkylation sites (tertiary alicyclic amines) is 2. The summed E-state index contributed by atoms with van der Waals surface area (Å²) in [6.07, 6.45) is 4.97. The predicted octanol–water partition coefficient (Wildman–Crippen LogP) is 1.72. The van der Waals surface area contributed by atoms with Crippen LogP contribution in [0, 0.1) is 0 Å². The number of nitrogens with two attached hydrogens (primary N) is 1. The molecule has 8 nitrogen and oxygen atoms in total. The molecule has 0 spiro atoms. The highest BCUT2D eigenvalue weighted by atomic mass is 16.2. The van der Waals surface area contributed by atoms with E-state index < -0.39 is 5.91 Å². The first kappa shape index (κ1) is 21.2. The predicted molar refractivity (Wildman–Crippen MR) is 120 cm³/mol. The van der Waals surface area contributed by atoms with Crippen LogP contribution in [0.3, 0.4) is 0 Å². The van der Waals surface area contributed by atoms with Crippen LogP contribution in [0.2, 0.25) is 0 Å². The third-order valence-corrected chi connectivity index (χ3v) is 6.14. The molecule has 164 valence electrons. The van der Waals surface area contributed by atoms with Gasteiger partial charge in [-0.25, -0.2) is 9.97 Å². The van der Waals surface area contributed by atoms with Crippen LogP contribution < -0.4 is 10.6 Å². The number of rotatable bonds is 6. The Morgan fingerprint density at radius 2 is 1.97 bits per heavy atom. The number of carbonyl (C=O) groups excluding carboxylic acids is 2. The van der Waals surface area contributed by atoms with E-state index >= 15 is 0 Å². The van der Waals surface area contributed by atoms with Crippen molar-refractivity contribution in [1.29, 1.82) is 0 Å². The Bertz CT molecular complexity index is 970. The molecule has 0 aliphatic carbocycles. The average molecular weight is 423 g/mol. The van der Waals surface area contributed by atoms with E-state index in [4.69, 9.17) is 10.7 Å². The van der Waals surface area contributed by atoms with Crippen LogP contribution in [0.15, 0.2) is 30.5 Å². The minimum absolute atomic E-state index is 0.195. The van der Waals surface area contributed by atoms with Gasteiger partial charge < -0.3 is 15.5 Å². The Labute approximate surface area is 183 Å². The molecule has 2 saturated heterocycles. The number of primary amides is 1. The van der Waals surface area contributed by atoms with Crippen LogP contribution >= 0.6 is 0 Å². The molecule has 2 fully saturated rings. The number of nitrogens with zero attached hydrogens (tertiary/aromatic N) is 5. The highest BCUT2D eigenvalue weighted by molar-refractivity contribution is 5.94. The molecule has 4 rings (SSSR count). The van der Waals surface area contributed by atoms with E-state index in [1.165, 1.54) is 0 Å². The van der Waals surface area contributed by atoms with E-state index in [9.17, 15) is 9.59 Å². The van der Waals surface area contributed by atoms with Crippen LogP contribution in [-0.2, 0) is 4.79 Å². The highest BCUT2D eigenvalue weighted by Crippen LogP contribution is 2.34. The summed E-state index contributed by atoms with van der Waals surface area (Å²) < 4.78 is 0. The standard InChI is InChI=1S/C23H30N6O2/c1-27(2)23-25-13-19(16-6-5-7-17(12-16)22(24)31)21(26-23)18-8-11-28(14-18)15-20(30)29-9-3-4-10-29/h5-7,12-13,18H,3-4,8-11,14-15H2,1-2H3,(H2,24,31). The maximum absolute atomic E-state index is 12.6. The van der Waals surface area contributed by atoms with Gasteiger partial charge in [0.2, 0.25) is 17.8 Å². The van der Waals surface area contributed by atoms with Crippen molar-refractivity contribution in [2.45, 2.75) is 25.2 Å². The summed E-state index contributed by atoms with van der Waals surface area (Å²) in [7, 11) is 3.84. The first-order chi connectivity index (χ1) is 14.9. The molecule has 0 saturated carbocycles. The fourth-order valence-electron chi connectivity index (χ4n) is 4.43. The molecule has 1 aromatic heterocycles. The lowest BCUT2D eigenvalue weighted by Crippen LogP contribution is -2.37. The van der Waals surface area contributed by atoms with Gasteiger partial charge in [0.25, 0.3) is 0 Å². The number of hydrogen-bond donors (Lipinski definition) is 1. The van der Waals surface area contributed by atoms with Crippen LogP contribution in [0.25, 0.3) is 11.1 Å². The third kappa shape index (κ3) is 4.69. The normalized spacial score (nSPS) is 19.0. The number of amides is 2. The summed E-state index contributed by atoms with van der Waals surface area (Å²) in [5.74, 6) is 0.614. The molecule has 2 amide bonds. The van der Waals surface area contributed by atoms with Crippen LogP contribution in [0.5, 0.6) is 0 Å². The Hall–Kier alpha value is -3.00. The molecule has 31 heavy (non-hydrogen) atoms. The SMILES string of the molecule is CN(C)c1ncc(-c2cccc(C(N)=O)c2)c(C2CCN(CC(=O)N3CCCC3)C2)n1. The van der Waals surface area contributed by atoms with Gasteiger partial charge in [0.05, 0.1) is 12.2 Å². The summed E-state index contributed by atoms with van der Waals surface area (Å²) >= 11 is 0. The van der Waals surface area contributed by atoms with E-state index in [-0.39, 0.29) is 11.8 Å². The minimum Gasteiger partial charge on any atom is -0.366 e. The quantitative estimate of drug-likeness (QED) is 0.762. The zero-order valence-corrected chi connectivity index (χ0v) is 18.3. The van der Waals surface area contributed by atoms with Gasteiger partial charge in [-0.15, -0.1) is 0 Å². The van der Waals surface area contributed by atoms with Crippen molar-refractivity contribution in [2.75, 3.05) is 51.7 Å². The van der Waals surface area contributed by atoms with Crippen molar-refractivity contribution < 1.29 is 9.59 Å². The number of aromatic nitrogens is 2. The maximum Gasteiger partial charge on any atom is 0.248 e. The molecule has 3 heterocycles. The minimum atomic E-state index is -0.457. The average Bonchev–Trinajstić information content (AvgIpc) is 3.46. The molecule has 1 atom stereocenters. The second kappa shape index (κ2) is 9.01. The molecule has 1 aromatic carbocycles. The van der Waals surface area contributed by atoms with Crippen molar-refractivity contribution in [3.05, 3.63) is 41.7 Å². The topological polar surface area (TPSA) is 95.7 Å². The first-order valence-electron chi connectivity index (χ1n) is 10.9. The van der Waals surface area contributed by atoms with Crippen molar-refractivity contribution in [2.24, 2.45) is 5.73 Å². The van der Waals surface area contributed by atoms with Gasteiger partial charge in [-0.1, -0.05) is 12.1 Å². The van der Waals surface area contributed by atoms with Gasteiger partial charge in [0.15, 0.2) is 0 Å². The van der Waals surface area contributed by atoms with E-state index in [1.54, 1.807) is 12.1 Å². The Morgan fingerprint density at radius 3 is 2.68 bits per heavy atom. The highest BCUT2D eigenvalue weighted by Gasteiger charge is 2.30. The first-order valence-corrected chi connectivity index (χ1v) is 10.9. The van der Waals surface area contributed by atoms with Crippen molar-refractivity contribution >= 4 is 17.8 Å². The van der Waals surface area contributed by atoms with E-state index in [0.717, 1.165) is 62.3 Å². The van der Waals surface area contributed by atoms with Crippen LogP contribution in [0.4, 0.5) is 5.95 Å². The number of hydrogen-bond acceptors (Lipinski definition) is 6. The zero-order chi connectivity index (χ0) is 22.0. The van der Waals surface area contributed by atoms with Gasteiger partial charge in [-0.3, -0.25) is 14.5 Å². The summed E-state index contributed by atoms with van der Waals surface area (Å²) in [5, 5.41) is 0. The van der Waals surface area contributed by atoms with E-state index in [2.05, 4.69) is 9.88 Å². The Morgan fingerprint density at radius 1 is 1.19 bits per heavy atom. The number of anilines is 1. The molecule has 1 unspecified atom stereocenters. The molecule has 0 radical (unpaired) electrons. The second-order valence-electron chi connectivity index (χ2n) is 8.62. The molecule has 2 aliphatic rings. The third-order valence-electron chi connectivity index (χ3n) is 6.14.